The summed E-state index contributed by atoms with van der Waals surface area (Å²) >= 11 is 0. The van der Waals surface area contributed by atoms with Gasteiger partial charge in [-0.05, 0) is 61.9 Å². The van der Waals surface area contributed by atoms with E-state index in [2.05, 4.69) is 26.1 Å². The Balaban J connectivity index is 1.92. The molecule has 0 radical (unpaired) electrons. The van der Waals surface area contributed by atoms with Crippen molar-refractivity contribution in [1.29, 1.82) is 0 Å². The Hall–Kier alpha value is -0.830. The molecule has 21 heavy (non-hydrogen) atoms. The molecule has 1 amide bonds. The van der Waals surface area contributed by atoms with E-state index in [9.17, 15) is 4.79 Å². The van der Waals surface area contributed by atoms with E-state index in [0.29, 0.717) is 16.7 Å². The second-order valence-electron chi connectivity index (χ2n) is 7.77. The monoisotopic (exact) mass is 293 g/mol. The molecule has 2 aliphatic rings. The minimum Gasteiger partial charge on any atom is -0.374 e. The fourth-order valence-electron chi connectivity index (χ4n) is 4.56. The van der Waals surface area contributed by atoms with Crippen LogP contribution in [0.15, 0.2) is 11.6 Å². The highest BCUT2D eigenvalue weighted by molar-refractivity contribution is 5.92. The Bertz CT molecular complexity index is 440. The van der Waals surface area contributed by atoms with Gasteiger partial charge in [-0.2, -0.15) is 0 Å². The molecule has 0 aromatic heterocycles. The molecule has 0 aromatic rings. The lowest BCUT2D eigenvalue weighted by molar-refractivity contribution is -0.117. The van der Waals surface area contributed by atoms with Crippen LogP contribution in [0.2, 0.25) is 0 Å². The maximum Gasteiger partial charge on any atom is 0.246 e. The second-order valence-corrected chi connectivity index (χ2v) is 7.77. The highest BCUT2D eigenvalue weighted by Crippen LogP contribution is 2.68. The quantitative estimate of drug-likeness (QED) is 0.787. The molecule has 3 nitrogen and oxygen atoms in total. The van der Waals surface area contributed by atoms with Gasteiger partial charge in [0.25, 0.3) is 0 Å². The maximum atomic E-state index is 11.5. The van der Waals surface area contributed by atoms with E-state index >= 15 is 0 Å². The fraction of sp³-hybridized carbons (Fsp3) is 0.833. The SMILES string of the molecule is CNC(=O)/C(C)=C/C(C)OCC1CC2CCC1(C)C2(C)C. The summed E-state index contributed by atoms with van der Waals surface area (Å²) in [7, 11) is 1.66. The summed E-state index contributed by atoms with van der Waals surface area (Å²) in [5, 5.41) is 2.64. The van der Waals surface area contributed by atoms with E-state index in [-0.39, 0.29) is 12.0 Å². The number of rotatable bonds is 5. The number of amides is 1. The molecule has 120 valence electrons. The van der Waals surface area contributed by atoms with Crippen LogP contribution in [-0.4, -0.2) is 25.7 Å². The van der Waals surface area contributed by atoms with Gasteiger partial charge in [-0.1, -0.05) is 20.8 Å². The molecule has 3 heteroatoms. The van der Waals surface area contributed by atoms with E-state index in [1.54, 1.807) is 7.05 Å². The first kappa shape index (κ1) is 16.5. The van der Waals surface area contributed by atoms with Crippen molar-refractivity contribution in [2.75, 3.05) is 13.7 Å². The van der Waals surface area contributed by atoms with Gasteiger partial charge in [-0.25, -0.2) is 0 Å². The zero-order valence-electron chi connectivity index (χ0n) is 14.5. The molecule has 0 spiro atoms. The highest BCUT2D eigenvalue weighted by Gasteiger charge is 2.60. The number of carbonyl (C=O) groups excluding carboxylic acids is 1. The van der Waals surface area contributed by atoms with Gasteiger partial charge in [0.2, 0.25) is 5.91 Å². The average Bonchev–Trinajstić information content (AvgIpc) is 2.76. The molecule has 2 bridgehead atoms. The van der Waals surface area contributed by atoms with Crippen LogP contribution in [0.25, 0.3) is 0 Å². The zero-order chi connectivity index (χ0) is 15.8. The Morgan fingerprint density at radius 3 is 2.57 bits per heavy atom. The molecule has 2 fully saturated rings. The van der Waals surface area contributed by atoms with Crippen molar-refractivity contribution in [3.63, 3.8) is 0 Å². The summed E-state index contributed by atoms with van der Waals surface area (Å²) in [6.45, 7) is 12.0. The third-order valence-corrected chi connectivity index (χ3v) is 6.61. The van der Waals surface area contributed by atoms with Crippen molar-refractivity contribution in [3.05, 3.63) is 11.6 Å². The van der Waals surface area contributed by atoms with Crippen LogP contribution >= 0.6 is 0 Å². The Kier molecular flexibility index (Phi) is 4.53. The van der Waals surface area contributed by atoms with Crippen LogP contribution in [0.5, 0.6) is 0 Å². The predicted octanol–water partition coefficient (Wildman–Crippen LogP) is 3.55. The van der Waals surface area contributed by atoms with Crippen molar-refractivity contribution in [3.8, 4) is 0 Å². The minimum absolute atomic E-state index is 0.00635. The molecular weight excluding hydrogens is 262 g/mol. The van der Waals surface area contributed by atoms with Gasteiger partial charge in [-0.3, -0.25) is 4.79 Å². The van der Waals surface area contributed by atoms with Gasteiger partial charge in [0.1, 0.15) is 0 Å². The normalized spacial score (nSPS) is 35.8. The summed E-state index contributed by atoms with van der Waals surface area (Å²) in [4.78, 5) is 11.5. The van der Waals surface area contributed by atoms with Gasteiger partial charge >= 0.3 is 0 Å². The van der Waals surface area contributed by atoms with E-state index in [1.807, 2.05) is 19.9 Å². The third kappa shape index (κ3) is 2.77. The van der Waals surface area contributed by atoms with Crippen molar-refractivity contribution in [2.45, 2.75) is 60.0 Å². The highest BCUT2D eigenvalue weighted by atomic mass is 16.5. The van der Waals surface area contributed by atoms with Crippen LogP contribution in [0.1, 0.15) is 53.9 Å². The number of carbonyl (C=O) groups is 1. The van der Waals surface area contributed by atoms with E-state index in [0.717, 1.165) is 18.1 Å². The first-order valence-corrected chi connectivity index (χ1v) is 8.24. The predicted molar refractivity (Wildman–Crippen MR) is 86.0 cm³/mol. The Morgan fingerprint density at radius 2 is 2.10 bits per heavy atom. The number of nitrogens with one attached hydrogen (secondary N) is 1. The molecular formula is C18H31NO2. The largest absolute Gasteiger partial charge is 0.374 e. The molecule has 0 heterocycles. The second kappa shape index (κ2) is 5.75. The van der Waals surface area contributed by atoms with Crippen LogP contribution < -0.4 is 5.32 Å². The lowest BCUT2D eigenvalue weighted by Gasteiger charge is -2.39. The summed E-state index contributed by atoms with van der Waals surface area (Å²) in [6.07, 6.45) is 5.92. The van der Waals surface area contributed by atoms with Crippen molar-refractivity contribution in [2.24, 2.45) is 22.7 Å². The van der Waals surface area contributed by atoms with Gasteiger partial charge < -0.3 is 10.1 Å². The van der Waals surface area contributed by atoms with Crippen molar-refractivity contribution in [1.82, 2.24) is 5.32 Å². The molecule has 2 rings (SSSR count). The number of fused-ring (bicyclic) bond motifs is 2. The van der Waals surface area contributed by atoms with Crippen molar-refractivity contribution >= 4 is 5.91 Å². The number of ether oxygens (including phenoxy) is 1. The molecule has 4 unspecified atom stereocenters. The summed E-state index contributed by atoms with van der Waals surface area (Å²) in [6, 6.07) is 0. The molecule has 2 saturated carbocycles. The smallest absolute Gasteiger partial charge is 0.246 e. The third-order valence-electron chi connectivity index (χ3n) is 6.61. The van der Waals surface area contributed by atoms with Gasteiger partial charge in [-0.15, -0.1) is 0 Å². The number of hydrogen-bond donors (Lipinski definition) is 1. The van der Waals surface area contributed by atoms with E-state index in [4.69, 9.17) is 4.74 Å². The van der Waals surface area contributed by atoms with Gasteiger partial charge in [0.15, 0.2) is 0 Å². The summed E-state index contributed by atoms with van der Waals surface area (Å²) in [5.41, 5.74) is 1.58. The molecule has 1 N–H and O–H groups in total. The molecule has 2 aliphatic carbocycles. The number of likely N-dealkylation sites (N-methyl/N-ethyl adjacent to an activating group) is 1. The fourth-order valence-corrected chi connectivity index (χ4v) is 4.56. The topological polar surface area (TPSA) is 38.3 Å². The van der Waals surface area contributed by atoms with Crippen LogP contribution in [0.4, 0.5) is 0 Å². The van der Waals surface area contributed by atoms with E-state index in [1.165, 1.54) is 19.3 Å². The first-order chi connectivity index (χ1) is 9.72. The Labute approximate surface area is 129 Å². The van der Waals surface area contributed by atoms with E-state index < -0.39 is 0 Å². The van der Waals surface area contributed by atoms with Crippen LogP contribution in [0.3, 0.4) is 0 Å². The zero-order valence-corrected chi connectivity index (χ0v) is 14.5. The molecule has 4 atom stereocenters. The van der Waals surface area contributed by atoms with Crippen LogP contribution in [-0.2, 0) is 9.53 Å². The molecule has 0 aliphatic heterocycles. The summed E-state index contributed by atoms with van der Waals surface area (Å²) < 4.78 is 6.05. The lowest BCUT2D eigenvalue weighted by Crippen LogP contribution is -2.35. The van der Waals surface area contributed by atoms with Gasteiger partial charge in [0.05, 0.1) is 12.7 Å². The molecule has 0 aromatic carbocycles. The minimum atomic E-state index is -0.0292. The summed E-state index contributed by atoms with van der Waals surface area (Å²) in [5.74, 6) is 1.48. The first-order valence-electron chi connectivity index (χ1n) is 8.24. The van der Waals surface area contributed by atoms with Gasteiger partial charge in [0, 0.05) is 12.6 Å². The molecule has 0 saturated heterocycles. The average molecular weight is 293 g/mol. The Morgan fingerprint density at radius 1 is 1.43 bits per heavy atom. The number of hydrogen-bond acceptors (Lipinski definition) is 2. The standard InChI is InChI=1S/C18H31NO2/c1-12(16(20)19-6)9-13(2)21-11-15-10-14-7-8-18(15,5)17(14,3)4/h9,13-15H,7-8,10-11H2,1-6H3,(H,19,20)/b12-9+. The lowest BCUT2D eigenvalue weighted by atomic mass is 9.67. The maximum absolute atomic E-state index is 11.5. The van der Waals surface area contributed by atoms with Crippen molar-refractivity contribution < 1.29 is 9.53 Å². The van der Waals surface area contributed by atoms with Crippen LogP contribution in [0, 0.1) is 22.7 Å².